The number of esters is 1. The van der Waals surface area contributed by atoms with Gasteiger partial charge in [0.2, 0.25) is 0 Å². The van der Waals surface area contributed by atoms with Crippen LogP contribution in [-0.4, -0.2) is 13.1 Å². The lowest BCUT2D eigenvalue weighted by molar-refractivity contribution is -0.144. The van der Waals surface area contributed by atoms with E-state index >= 15 is 0 Å². The Balaban J connectivity index is 2.80. The highest BCUT2D eigenvalue weighted by atomic mass is 16.5. The zero-order valence-electron chi connectivity index (χ0n) is 9.41. The molecule has 1 unspecified atom stereocenters. The number of benzene rings is 1. The maximum atomic E-state index is 11.3. The molecule has 2 N–H and O–H groups in total. The van der Waals surface area contributed by atoms with Crippen molar-refractivity contribution in [3.8, 4) is 0 Å². The average molecular weight is 207 g/mol. The molecule has 1 atom stereocenters. The van der Waals surface area contributed by atoms with Crippen LogP contribution in [0.5, 0.6) is 0 Å². The van der Waals surface area contributed by atoms with Crippen LogP contribution in [0.1, 0.15) is 18.1 Å². The van der Waals surface area contributed by atoms with Gasteiger partial charge in [0.25, 0.3) is 0 Å². The third-order valence-corrected chi connectivity index (χ3v) is 2.50. The molecule has 0 fully saturated rings. The number of hydrogen-bond acceptors (Lipinski definition) is 3. The van der Waals surface area contributed by atoms with E-state index in [1.165, 1.54) is 7.11 Å². The largest absolute Gasteiger partial charge is 0.469 e. The number of ether oxygens (including phenoxy) is 1. The van der Waals surface area contributed by atoms with Gasteiger partial charge in [0, 0.05) is 5.69 Å². The van der Waals surface area contributed by atoms with Gasteiger partial charge in [-0.3, -0.25) is 4.79 Å². The van der Waals surface area contributed by atoms with Gasteiger partial charge in [0.15, 0.2) is 0 Å². The molecule has 0 spiro atoms. The molecule has 1 rings (SSSR count). The summed E-state index contributed by atoms with van der Waals surface area (Å²) in [5.41, 5.74) is 8.68. The minimum atomic E-state index is -0.183. The molecule has 0 radical (unpaired) electrons. The van der Waals surface area contributed by atoms with Crippen LogP contribution < -0.4 is 5.73 Å². The summed E-state index contributed by atoms with van der Waals surface area (Å²) in [5.74, 6) is -0.313. The van der Waals surface area contributed by atoms with Crippen molar-refractivity contribution in [3.05, 3.63) is 29.3 Å². The Hall–Kier alpha value is -1.51. The SMILES string of the molecule is COC(=O)C(C)Cc1cc(N)ccc1C. The van der Waals surface area contributed by atoms with E-state index in [4.69, 9.17) is 5.73 Å². The second kappa shape index (κ2) is 4.82. The Kier molecular flexibility index (Phi) is 3.72. The Morgan fingerprint density at radius 1 is 1.53 bits per heavy atom. The van der Waals surface area contributed by atoms with Crippen molar-refractivity contribution in [2.45, 2.75) is 20.3 Å². The molecule has 1 aromatic carbocycles. The molecule has 3 nitrogen and oxygen atoms in total. The highest BCUT2D eigenvalue weighted by Gasteiger charge is 2.14. The maximum absolute atomic E-state index is 11.3. The quantitative estimate of drug-likeness (QED) is 0.608. The number of carbonyl (C=O) groups is 1. The molecule has 0 aliphatic rings. The number of aryl methyl sites for hydroxylation is 1. The molecule has 0 aromatic heterocycles. The summed E-state index contributed by atoms with van der Waals surface area (Å²) in [6.45, 7) is 3.87. The lowest BCUT2D eigenvalue weighted by Gasteiger charge is -2.11. The van der Waals surface area contributed by atoms with Gasteiger partial charge in [-0.25, -0.2) is 0 Å². The number of nitrogens with two attached hydrogens (primary N) is 1. The molecule has 82 valence electrons. The van der Waals surface area contributed by atoms with E-state index in [-0.39, 0.29) is 11.9 Å². The van der Waals surface area contributed by atoms with Gasteiger partial charge in [-0.15, -0.1) is 0 Å². The van der Waals surface area contributed by atoms with Gasteiger partial charge < -0.3 is 10.5 Å². The van der Waals surface area contributed by atoms with Crippen LogP contribution >= 0.6 is 0 Å². The van der Waals surface area contributed by atoms with Gasteiger partial charge in [0.1, 0.15) is 0 Å². The number of hydrogen-bond donors (Lipinski definition) is 1. The smallest absolute Gasteiger partial charge is 0.308 e. The van der Waals surface area contributed by atoms with Crippen molar-refractivity contribution < 1.29 is 9.53 Å². The predicted molar refractivity (Wildman–Crippen MR) is 60.5 cm³/mol. The highest BCUT2D eigenvalue weighted by molar-refractivity contribution is 5.72. The minimum absolute atomic E-state index is 0.129. The topological polar surface area (TPSA) is 52.3 Å². The first-order chi connectivity index (χ1) is 7.04. The molecular formula is C12H17NO2. The van der Waals surface area contributed by atoms with Crippen LogP contribution in [0.3, 0.4) is 0 Å². The van der Waals surface area contributed by atoms with E-state index in [9.17, 15) is 4.79 Å². The van der Waals surface area contributed by atoms with E-state index < -0.39 is 0 Å². The van der Waals surface area contributed by atoms with Gasteiger partial charge in [0.05, 0.1) is 13.0 Å². The Morgan fingerprint density at radius 2 is 2.20 bits per heavy atom. The van der Waals surface area contributed by atoms with Crippen LogP contribution in [0.4, 0.5) is 5.69 Å². The van der Waals surface area contributed by atoms with Crippen molar-refractivity contribution in [3.63, 3.8) is 0 Å². The summed E-state index contributed by atoms with van der Waals surface area (Å²) in [6.07, 6.45) is 0.670. The fourth-order valence-corrected chi connectivity index (χ4v) is 1.53. The number of carbonyl (C=O) groups excluding carboxylic acids is 1. The summed E-state index contributed by atoms with van der Waals surface area (Å²) in [4.78, 5) is 11.3. The molecule has 15 heavy (non-hydrogen) atoms. The second-order valence-corrected chi connectivity index (χ2v) is 3.81. The Bertz CT molecular complexity index is 361. The van der Waals surface area contributed by atoms with Gasteiger partial charge in [-0.2, -0.15) is 0 Å². The first kappa shape index (κ1) is 11.6. The van der Waals surface area contributed by atoms with Gasteiger partial charge in [-0.1, -0.05) is 13.0 Å². The third-order valence-electron chi connectivity index (χ3n) is 2.50. The monoisotopic (exact) mass is 207 g/mol. The minimum Gasteiger partial charge on any atom is -0.469 e. The lowest BCUT2D eigenvalue weighted by Crippen LogP contribution is -2.15. The molecule has 0 aliphatic carbocycles. The first-order valence-corrected chi connectivity index (χ1v) is 4.97. The van der Waals surface area contributed by atoms with Crippen LogP contribution in [0.25, 0.3) is 0 Å². The molecular weight excluding hydrogens is 190 g/mol. The van der Waals surface area contributed by atoms with Crippen LogP contribution in [-0.2, 0) is 16.0 Å². The van der Waals surface area contributed by atoms with E-state index in [1.807, 2.05) is 32.0 Å². The van der Waals surface area contributed by atoms with E-state index in [2.05, 4.69) is 4.74 Å². The van der Waals surface area contributed by atoms with Crippen molar-refractivity contribution in [1.29, 1.82) is 0 Å². The summed E-state index contributed by atoms with van der Waals surface area (Å²) < 4.78 is 4.68. The van der Waals surface area contributed by atoms with E-state index in [0.717, 1.165) is 16.8 Å². The molecule has 0 aliphatic heterocycles. The predicted octanol–water partition coefficient (Wildman–Crippen LogP) is 1.93. The molecule has 3 heteroatoms. The molecule has 0 saturated heterocycles. The van der Waals surface area contributed by atoms with Crippen LogP contribution in [0.15, 0.2) is 18.2 Å². The zero-order valence-corrected chi connectivity index (χ0v) is 9.41. The summed E-state index contributed by atoms with van der Waals surface area (Å²) in [6, 6.07) is 5.74. The Labute approximate surface area is 90.2 Å². The first-order valence-electron chi connectivity index (χ1n) is 4.97. The van der Waals surface area contributed by atoms with Crippen LogP contribution in [0.2, 0.25) is 0 Å². The average Bonchev–Trinajstić information content (AvgIpc) is 2.22. The van der Waals surface area contributed by atoms with Crippen molar-refractivity contribution in [2.24, 2.45) is 5.92 Å². The fourth-order valence-electron chi connectivity index (χ4n) is 1.53. The lowest BCUT2D eigenvalue weighted by atomic mass is 9.97. The van der Waals surface area contributed by atoms with E-state index in [1.54, 1.807) is 0 Å². The molecule has 0 amide bonds. The highest BCUT2D eigenvalue weighted by Crippen LogP contribution is 2.17. The standard InChI is InChI=1S/C12H17NO2/c1-8-4-5-11(13)7-10(8)6-9(2)12(14)15-3/h4-5,7,9H,6,13H2,1-3H3. The van der Waals surface area contributed by atoms with Crippen LogP contribution in [0, 0.1) is 12.8 Å². The normalized spacial score (nSPS) is 12.2. The molecule has 0 saturated carbocycles. The van der Waals surface area contributed by atoms with Crippen molar-refractivity contribution in [1.82, 2.24) is 0 Å². The van der Waals surface area contributed by atoms with Gasteiger partial charge >= 0.3 is 5.97 Å². The van der Waals surface area contributed by atoms with Crippen molar-refractivity contribution in [2.75, 3.05) is 12.8 Å². The number of anilines is 1. The van der Waals surface area contributed by atoms with E-state index in [0.29, 0.717) is 6.42 Å². The molecule has 0 bridgehead atoms. The maximum Gasteiger partial charge on any atom is 0.308 e. The third kappa shape index (κ3) is 2.98. The Morgan fingerprint density at radius 3 is 2.80 bits per heavy atom. The number of nitrogen functional groups attached to an aromatic ring is 1. The fraction of sp³-hybridized carbons (Fsp3) is 0.417. The summed E-state index contributed by atoms with van der Waals surface area (Å²) >= 11 is 0. The number of rotatable bonds is 3. The summed E-state index contributed by atoms with van der Waals surface area (Å²) in [7, 11) is 1.41. The van der Waals surface area contributed by atoms with Gasteiger partial charge in [-0.05, 0) is 36.6 Å². The number of methoxy groups -OCH3 is 1. The van der Waals surface area contributed by atoms with Crippen molar-refractivity contribution >= 4 is 11.7 Å². The zero-order chi connectivity index (χ0) is 11.4. The molecule has 0 heterocycles. The second-order valence-electron chi connectivity index (χ2n) is 3.81. The molecule has 1 aromatic rings. The summed E-state index contributed by atoms with van der Waals surface area (Å²) in [5, 5.41) is 0.